The molecule has 0 aliphatic heterocycles. The molecule has 0 saturated carbocycles. The summed E-state index contributed by atoms with van der Waals surface area (Å²) in [6.07, 6.45) is 0. The zero-order chi connectivity index (χ0) is 15.5. The summed E-state index contributed by atoms with van der Waals surface area (Å²) < 4.78 is 39.4. The normalized spacial score (nSPS) is 11.0. The van der Waals surface area contributed by atoms with E-state index in [0.717, 1.165) is 0 Å². The van der Waals surface area contributed by atoms with Crippen LogP contribution in [-0.4, -0.2) is 8.42 Å². The van der Waals surface area contributed by atoms with Crippen molar-refractivity contribution in [2.45, 2.75) is 11.4 Å². The van der Waals surface area contributed by atoms with Crippen molar-refractivity contribution in [1.82, 2.24) is 4.72 Å². The lowest BCUT2D eigenvalue weighted by molar-refractivity contribution is 0.581. The Labute approximate surface area is 121 Å². The number of sulfonamides is 1. The Kier molecular flexibility index (Phi) is 4.21. The van der Waals surface area contributed by atoms with Crippen LogP contribution in [0.5, 0.6) is 0 Å². The molecule has 0 atom stereocenters. The van der Waals surface area contributed by atoms with Crippen LogP contribution in [0.15, 0.2) is 47.4 Å². The fourth-order valence-corrected chi connectivity index (χ4v) is 2.85. The number of nitriles is 1. The standard InChI is InChI=1S/C14H12FN3O2S/c15-12-4-1-10(2-5-12)9-18-21(19,20)14-6-3-11(8-16)7-13(14)17/h1-7,18H,9,17H2. The molecule has 3 N–H and O–H groups in total. The quantitative estimate of drug-likeness (QED) is 0.841. The highest BCUT2D eigenvalue weighted by atomic mass is 32.2. The van der Waals surface area contributed by atoms with Crippen molar-refractivity contribution in [3.05, 3.63) is 59.4 Å². The molecule has 108 valence electrons. The van der Waals surface area contributed by atoms with Crippen LogP contribution in [0.25, 0.3) is 0 Å². The minimum absolute atomic E-state index is 0.000608. The van der Waals surface area contributed by atoms with Gasteiger partial charge in [0.25, 0.3) is 0 Å². The molecule has 0 bridgehead atoms. The van der Waals surface area contributed by atoms with Crippen molar-refractivity contribution >= 4 is 15.7 Å². The topological polar surface area (TPSA) is 96.0 Å². The summed E-state index contributed by atoms with van der Waals surface area (Å²) in [4.78, 5) is -0.0939. The summed E-state index contributed by atoms with van der Waals surface area (Å²) in [5.41, 5.74) is 6.55. The molecule has 0 heterocycles. The van der Waals surface area contributed by atoms with Gasteiger partial charge in [0.1, 0.15) is 10.7 Å². The van der Waals surface area contributed by atoms with Crippen molar-refractivity contribution in [3.63, 3.8) is 0 Å². The molecule has 0 unspecified atom stereocenters. The summed E-state index contributed by atoms with van der Waals surface area (Å²) >= 11 is 0. The third kappa shape index (κ3) is 3.56. The molecule has 0 aromatic heterocycles. The van der Waals surface area contributed by atoms with E-state index in [0.29, 0.717) is 5.56 Å². The van der Waals surface area contributed by atoms with E-state index >= 15 is 0 Å². The smallest absolute Gasteiger partial charge is 0.242 e. The first-order chi connectivity index (χ1) is 9.92. The van der Waals surface area contributed by atoms with Gasteiger partial charge in [-0.2, -0.15) is 5.26 Å². The minimum Gasteiger partial charge on any atom is -0.398 e. The second-order valence-corrected chi connectivity index (χ2v) is 6.05. The predicted octanol–water partition coefficient (Wildman–Crippen LogP) is 1.76. The number of halogens is 1. The van der Waals surface area contributed by atoms with E-state index in [4.69, 9.17) is 11.0 Å². The zero-order valence-electron chi connectivity index (χ0n) is 10.9. The van der Waals surface area contributed by atoms with E-state index in [1.165, 1.54) is 42.5 Å². The van der Waals surface area contributed by atoms with Gasteiger partial charge in [0.05, 0.1) is 17.3 Å². The molecular formula is C14H12FN3O2S. The lowest BCUT2D eigenvalue weighted by atomic mass is 10.2. The first-order valence-electron chi connectivity index (χ1n) is 5.96. The Bertz CT molecular complexity index is 796. The van der Waals surface area contributed by atoms with Crippen LogP contribution >= 0.6 is 0 Å². The number of rotatable bonds is 4. The van der Waals surface area contributed by atoms with Crippen molar-refractivity contribution in [2.24, 2.45) is 0 Å². The number of hydrogen-bond acceptors (Lipinski definition) is 4. The Morgan fingerprint density at radius 2 is 1.86 bits per heavy atom. The Morgan fingerprint density at radius 3 is 2.43 bits per heavy atom. The summed E-state index contributed by atoms with van der Waals surface area (Å²) in [6, 6.07) is 11.3. The number of benzene rings is 2. The molecule has 21 heavy (non-hydrogen) atoms. The van der Waals surface area contributed by atoms with Gasteiger partial charge in [-0.3, -0.25) is 0 Å². The van der Waals surface area contributed by atoms with E-state index in [1.807, 2.05) is 6.07 Å². The monoisotopic (exact) mass is 305 g/mol. The van der Waals surface area contributed by atoms with Gasteiger partial charge in [-0.15, -0.1) is 0 Å². The number of nitrogen functional groups attached to an aromatic ring is 1. The van der Waals surface area contributed by atoms with Gasteiger partial charge in [0.15, 0.2) is 0 Å². The van der Waals surface area contributed by atoms with Crippen LogP contribution < -0.4 is 10.5 Å². The van der Waals surface area contributed by atoms with E-state index < -0.39 is 15.8 Å². The molecule has 2 aromatic carbocycles. The van der Waals surface area contributed by atoms with Gasteiger partial charge >= 0.3 is 0 Å². The second-order valence-electron chi connectivity index (χ2n) is 4.32. The lowest BCUT2D eigenvalue weighted by Gasteiger charge is -2.09. The molecule has 5 nitrogen and oxygen atoms in total. The van der Waals surface area contributed by atoms with Crippen molar-refractivity contribution in [3.8, 4) is 6.07 Å². The molecule has 0 saturated heterocycles. The third-order valence-corrected chi connectivity index (χ3v) is 4.28. The number of nitrogens with zero attached hydrogens (tertiary/aromatic N) is 1. The molecule has 0 fully saturated rings. The van der Waals surface area contributed by atoms with Gasteiger partial charge in [-0.05, 0) is 35.9 Å². The number of nitrogens with one attached hydrogen (secondary N) is 1. The van der Waals surface area contributed by atoms with Crippen molar-refractivity contribution in [1.29, 1.82) is 5.26 Å². The molecule has 0 radical (unpaired) electrons. The fraction of sp³-hybridized carbons (Fsp3) is 0.0714. The Hall–Kier alpha value is -2.43. The maximum Gasteiger partial charge on any atom is 0.242 e. The van der Waals surface area contributed by atoms with Gasteiger partial charge in [0, 0.05) is 6.54 Å². The number of anilines is 1. The highest BCUT2D eigenvalue weighted by molar-refractivity contribution is 7.89. The molecule has 0 aliphatic carbocycles. The maximum absolute atomic E-state index is 12.8. The Morgan fingerprint density at radius 1 is 1.19 bits per heavy atom. The average Bonchev–Trinajstić information content (AvgIpc) is 2.46. The first-order valence-corrected chi connectivity index (χ1v) is 7.44. The molecule has 0 amide bonds. The van der Waals surface area contributed by atoms with Crippen molar-refractivity contribution < 1.29 is 12.8 Å². The molecule has 2 aromatic rings. The van der Waals surface area contributed by atoms with Crippen LogP contribution in [0.4, 0.5) is 10.1 Å². The van der Waals surface area contributed by atoms with Gasteiger partial charge < -0.3 is 5.73 Å². The van der Waals surface area contributed by atoms with E-state index in [1.54, 1.807) is 0 Å². The summed E-state index contributed by atoms with van der Waals surface area (Å²) in [7, 11) is -3.80. The zero-order valence-corrected chi connectivity index (χ0v) is 11.7. The fourth-order valence-electron chi connectivity index (χ4n) is 1.72. The van der Waals surface area contributed by atoms with Gasteiger partial charge in [-0.25, -0.2) is 17.5 Å². The van der Waals surface area contributed by atoms with Gasteiger partial charge in [0.2, 0.25) is 10.0 Å². The molecular weight excluding hydrogens is 293 g/mol. The molecule has 0 aliphatic rings. The largest absolute Gasteiger partial charge is 0.398 e. The first kappa shape index (κ1) is 15.0. The highest BCUT2D eigenvalue weighted by Gasteiger charge is 2.17. The summed E-state index contributed by atoms with van der Waals surface area (Å²) in [5.74, 6) is -0.391. The van der Waals surface area contributed by atoms with Crippen LogP contribution in [0.1, 0.15) is 11.1 Å². The lowest BCUT2D eigenvalue weighted by Crippen LogP contribution is -2.24. The van der Waals surface area contributed by atoms with Crippen LogP contribution in [-0.2, 0) is 16.6 Å². The molecule has 0 spiro atoms. The van der Waals surface area contributed by atoms with E-state index in [-0.39, 0.29) is 22.7 Å². The summed E-state index contributed by atoms with van der Waals surface area (Å²) in [5, 5.41) is 8.73. The van der Waals surface area contributed by atoms with Crippen LogP contribution in [0, 0.1) is 17.1 Å². The third-order valence-electron chi connectivity index (χ3n) is 2.81. The molecule has 2 rings (SSSR count). The number of hydrogen-bond donors (Lipinski definition) is 2. The predicted molar refractivity (Wildman–Crippen MR) is 76.0 cm³/mol. The number of nitrogens with two attached hydrogens (primary N) is 1. The molecule has 7 heteroatoms. The van der Waals surface area contributed by atoms with Gasteiger partial charge in [-0.1, -0.05) is 12.1 Å². The maximum atomic E-state index is 12.8. The van der Waals surface area contributed by atoms with E-state index in [2.05, 4.69) is 4.72 Å². The SMILES string of the molecule is N#Cc1ccc(S(=O)(=O)NCc2ccc(F)cc2)c(N)c1. The minimum atomic E-state index is -3.80. The van der Waals surface area contributed by atoms with Crippen molar-refractivity contribution in [2.75, 3.05) is 5.73 Å². The van der Waals surface area contributed by atoms with E-state index in [9.17, 15) is 12.8 Å². The van der Waals surface area contributed by atoms with Crippen LogP contribution in [0.2, 0.25) is 0 Å². The Balaban J connectivity index is 2.19. The average molecular weight is 305 g/mol. The highest BCUT2D eigenvalue weighted by Crippen LogP contribution is 2.19. The summed E-state index contributed by atoms with van der Waals surface area (Å²) in [6.45, 7) is 0.0159. The second kappa shape index (κ2) is 5.91. The van der Waals surface area contributed by atoms with Crippen LogP contribution in [0.3, 0.4) is 0 Å².